The highest BCUT2D eigenvalue weighted by Gasteiger charge is 2.17. The van der Waals surface area contributed by atoms with Crippen LogP contribution in [0.4, 0.5) is 4.39 Å². The molecular formula is C13H16FN3O2. The summed E-state index contributed by atoms with van der Waals surface area (Å²) in [6.45, 7) is 2.68. The summed E-state index contributed by atoms with van der Waals surface area (Å²) in [5.41, 5.74) is 1.12. The van der Waals surface area contributed by atoms with Gasteiger partial charge in [0.05, 0.1) is 19.0 Å². The first-order valence-corrected chi connectivity index (χ1v) is 6.07. The maximum atomic E-state index is 13.3. The number of aliphatic hydroxyl groups excluding tert-OH is 1. The summed E-state index contributed by atoms with van der Waals surface area (Å²) in [6, 6.07) is 4.26. The van der Waals surface area contributed by atoms with Gasteiger partial charge >= 0.3 is 0 Å². The molecule has 0 fully saturated rings. The zero-order valence-corrected chi connectivity index (χ0v) is 10.9. The smallest absolute Gasteiger partial charge is 0.165 e. The first kappa shape index (κ1) is 13.5. The van der Waals surface area contributed by atoms with Crippen molar-refractivity contribution in [3.05, 3.63) is 41.5 Å². The minimum absolute atomic E-state index is 0.103. The normalized spacial score (nSPS) is 12.4. The molecule has 0 saturated carbocycles. The first-order chi connectivity index (χ1) is 9.17. The van der Waals surface area contributed by atoms with E-state index in [4.69, 9.17) is 4.74 Å². The molecular weight excluding hydrogens is 249 g/mol. The molecule has 2 aromatic rings. The number of ether oxygens (including phenoxy) is 1. The molecule has 0 aliphatic rings. The predicted octanol–water partition coefficient (Wildman–Crippen LogP) is 1.92. The summed E-state index contributed by atoms with van der Waals surface area (Å²) in [4.78, 5) is 0. The van der Waals surface area contributed by atoms with Crippen LogP contribution in [0.15, 0.2) is 24.4 Å². The summed E-state index contributed by atoms with van der Waals surface area (Å²) in [5.74, 6) is -0.357. The lowest BCUT2D eigenvalue weighted by molar-refractivity contribution is 0.206. The van der Waals surface area contributed by atoms with Gasteiger partial charge in [-0.2, -0.15) is 0 Å². The van der Waals surface area contributed by atoms with E-state index in [2.05, 4.69) is 10.3 Å². The second kappa shape index (κ2) is 5.79. The van der Waals surface area contributed by atoms with Gasteiger partial charge in [-0.05, 0) is 24.1 Å². The number of aryl methyl sites for hydroxylation is 1. The minimum Gasteiger partial charge on any atom is -0.494 e. The molecule has 1 N–H and O–H groups in total. The molecule has 0 bridgehead atoms. The summed E-state index contributed by atoms with van der Waals surface area (Å²) < 4.78 is 19.9. The molecule has 1 unspecified atom stereocenters. The Hall–Kier alpha value is -1.95. The lowest BCUT2D eigenvalue weighted by Gasteiger charge is -2.13. The van der Waals surface area contributed by atoms with Crippen molar-refractivity contribution in [2.75, 3.05) is 7.11 Å². The van der Waals surface area contributed by atoms with Crippen molar-refractivity contribution in [3.63, 3.8) is 0 Å². The zero-order valence-electron chi connectivity index (χ0n) is 10.9. The molecule has 5 nitrogen and oxygen atoms in total. The quantitative estimate of drug-likeness (QED) is 0.897. The highest BCUT2D eigenvalue weighted by atomic mass is 19.1. The Kier molecular flexibility index (Phi) is 4.11. The van der Waals surface area contributed by atoms with Gasteiger partial charge in [-0.3, -0.25) is 0 Å². The van der Waals surface area contributed by atoms with Gasteiger partial charge in [-0.15, -0.1) is 5.10 Å². The van der Waals surface area contributed by atoms with Crippen molar-refractivity contribution < 1.29 is 14.2 Å². The third-order valence-corrected chi connectivity index (χ3v) is 2.85. The van der Waals surface area contributed by atoms with Crippen molar-refractivity contribution in [2.45, 2.75) is 26.0 Å². The van der Waals surface area contributed by atoms with E-state index in [-0.39, 0.29) is 5.75 Å². The van der Waals surface area contributed by atoms with Gasteiger partial charge < -0.3 is 9.84 Å². The van der Waals surface area contributed by atoms with E-state index in [0.29, 0.717) is 17.8 Å². The third-order valence-electron chi connectivity index (χ3n) is 2.85. The zero-order chi connectivity index (χ0) is 13.8. The van der Waals surface area contributed by atoms with Crippen LogP contribution in [-0.4, -0.2) is 27.2 Å². The Balaban J connectivity index is 2.32. The molecule has 1 atom stereocenters. The third kappa shape index (κ3) is 2.73. The van der Waals surface area contributed by atoms with Crippen molar-refractivity contribution >= 4 is 0 Å². The van der Waals surface area contributed by atoms with Gasteiger partial charge in [-0.25, -0.2) is 9.07 Å². The number of methoxy groups -OCH3 is 1. The average Bonchev–Trinajstić information content (AvgIpc) is 2.87. The Morgan fingerprint density at radius 2 is 2.26 bits per heavy atom. The Morgan fingerprint density at radius 1 is 1.47 bits per heavy atom. The maximum absolute atomic E-state index is 13.3. The number of rotatable bonds is 5. The van der Waals surface area contributed by atoms with Gasteiger partial charge in [-0.1, -0.05) is 18.2 Å². The lowest BCUT2D eigenvalue weighted by Crippen LogP contribution is -2.10. The number of aromatic nitrogens is 3. The van der Waals surface area contributed by atoms with E-state index in [1.807, 2.05) is 6.92 Å². The van der Waals surface area contributed by atoms with Gasteiger partial charge in [0.1, 0.15) is 6.10 Å². The molecule has 0 aliphatic carbocycles. The monoisotopic (exact) mass is 265 g/mol. The first-order valence-electron chi connectivity index (χ1n) is 6.07. The van der Waals surface area contributed by atoms with Crippen LogP contribution in [0.5, 0.6) is 5.75 Å². The van der Waals surface area contributed by atoms with Crippen LogP contribution in [0.2, 0.25) is 0 Å². The molecule has 1 heterocycles. The van der Waals surface area contributed by atoms with Crippen molar-refractivity contribution in [1.29, 1.82) is 0 Å². The van der Waals surface area contributed by atoms with Crippen LogP contribution < -0.4 is 4.74 Å². The fourth-order valence-corrected chi connectivity index (χ4v) is 1.88. The number of benzene rings is 1. The molecule has 0 amide bonds. The van der Waals surface area contributed by atoms with Crippen LogP contribution in [-0.2, 0) is 6.54 Å². The highest BCUT2D eigenvalue weighted by Crippen LogP contribution is 2.26. The highest BCUT2D eigenvalue weighted by molar-refractivity contribution is 5.34. The Morgan fingerprint density at radius 3 is 2.95 bits per heavy atom. The van der Waals surface area contributed by atoms with Gasteiger partial charge in [0.2, 0.25) is 0 Å². The average molecular weight is 265 g/mol. The molecule has 1 aromatic carbocycles. The van der Waals surface area contributed by atoms with Crippen molar-refractivity contribution in [1.82, 2.24) is 15.0 Å². The van der Waals surface area contributed by atoms with E-state index >= 15 is 0 Å². The molecule has 0 spiro atoms. The summed E-state index contributed by atoms with van der Waals surface area (Å²) in [7, 11) is 1.39. The minimum atomic E-state index is -0.906. The van der Waals surface area contributed by atoms with E-state index in [1.165, 1.54) is 31.5 Å². The summed E-state index contributed by atoms with van der Waals surface area (Å²) in [6.07, 6.45) is 1.49. The number of aliphatic hydroxyl groups is 1. The fourth-order valence-electron chi connectivity index (χ4n) is 1.88. The lowest BCUT2D eigenvalue weighted by atomic mass is 10.1. The van der Waals surface area contributed by atoms with Crippen molar-refractivity contribution in [2.24, 2.45) is 0 Å². The van der Waals surface area contributed by atoms with E-state index < -0.39 is 11.9 Å². The predicted molar refractivity (Wildman–Crippen MR) is 67.3 cm³/mol. The molecule has 0 saturated heterocycles. The molecule has 102 valence electrons. The Bertz CT molecular complexity index is 557. The van der Waals surface area contributed by atoms with Gasteiger partial charge in [0.15, 0.2) is 11.6 Å². The van der Waals surface area contributed by atoms with Crippen LogP contribution in [0.25, 0.3) is 0 Å². The van der Waals surface area contributed by atoms with Gasteiger partial charge in [0.25, 0.3) is 0 Å². The SMILES string of the molecule is CCCn1nncc1C(O)c1ccc(F)c(OC)c1. The van der Waals surface area contributed by atoms with E-state index in [1.54, 1.807) is 4.68 Å². The fraction of sp³-hybridized carbons (Fsp3) is 0.385. The van der Waals surface area contributed by atoms with E-state index in [9.17, 15) is 9.50 Å². The molecule has 1 aromatic heterocycles. The molecule has 6 heteroatoms. The van der Waals surface area contributed by atoms with Crippen LogP contribution in [0, 0.1) is 5.82 Å². The largest absolute Gasteiger partial charge is 0.494 e. The summed E-state index contributed by atoms with van der Waals surface area (Å²) in [5, 5.41) is 18.0. The number of hydrogen-bond donors (Lipinski definition) is 1. The van der Waals surface area contributed by atoms with Crippen LogP contribution in [0.3, 0.4) is 0 Å². The number of halogens is 1. The molecule has 0 aliphatic heterocycles. The molecule has 19 heavy (non-hydrogen) atoms. The second-order valence-electron chi connectivity index (χ2n) is 4.18. The number of nitrogens with zero attached hydrogens (tertiary/aromatic N) is 3. The topological polar surface area (TPSA) is 60.2 Å². The number of hydrogen-bond acceptors (Lipinski definition) is 4. The standard InChI is InChI=1S/C13H16FN3O2/c1-3-6-17-11(8-15-16-17)13(18)9-4-5-10(14)12(7-9)19-2/h4-5,7-8,13,18H,3,6H2,1-2H3. The van der Waals surface area contributed by atoms with Crippen LogP contribution >= 0.6 is 0 Å². The Labute approximate surface area is 110 Å². The summed E-state index contributed by atoms with van der Waals surface area (Å²) >= 11 is 0. The van der Waals surface area contributed by atoms with Crippen LogP contribution in [0.1, 0.15) is 30.7 Å². The molecule has 0 radical (unpaired) electrons. The van der Waals surface area contributed by atoms with E-state index in [0.717, 1.165) is 6.42 Å². The molecule has 2 rings (SSSR count). The van der Waals surface area contributed by atoms with Crippen molar-refractivity contribution in [3.8, 4) is 5.75 Å². The second-order valence-corrected chi connectivity index (χ2v) is 4.18. The van der Waals surface area contributed by atoms with Gasteiger partial charge in [0, 0.05) is 6.54 Å². The maximum Gasteiger partial charge on any atom is 0.165 e.